The van der Waals surface area contributed by atoms with Crippen LogP contribution in [0.4, 0.5) is 4.39 Å². The van der Waals surface area contributed by atoms with E-state index in [1.807, 2.05) is 24.1 Å². The van der Waals surface area contributed by atoms with Gasteiger partial charge in [-0.3, -0.25) is 9.48 Å². The van der Waals surface area contributed by atoms with Crippen molar-refractivity contribution in [2.45, 2.75) is 45.2 Å². The maximum Gasteiger partial charge on any atom is 0.227 e. The molecule has 1 atom stereocenters. The quantitative estimate of drug-likeness (QED) is 0.831. The van der Waals surface area contributed by atoms with Crippen molar-refractivity contribution in [3.05, 3.63) is 53.1 Å². The van der Waals surface area contributed by atoms with Crippen LogP contribution in [0.2, 0.25) is 0 Å². The molecule has 144 valence electrons. The van der Waals surface area contributed by atoms with Crippen molar-refractivity contribution in [1.82, 2.24) is 19.6 Å². The van der Waals surface area contributed by atoms with Crippen LogP contribution in [0.1, 0.15) is 42.1 Å². The summed E-state index contributed by atoms with van der Waals surface area (Å²) in [5.41, 5.74) is 2.82. The van der Waals surface area contributed by atoms with Gasteiger partial charge in [-0.1, -0.05) is 12.5 Å². The third kappa shape index (κ3) is 4.05. The van der Waals surface area contributed by atoms with Gasteiger partial charge in [0.2, 0.25) is 5.91 Å². The van der Waals surface area contributed by atoms with Gasteiger partial charge < -0.3 is 9.80 Å². The number of benzene rings is 1. The molecule has 1 aromatic carbocycles. The molecule has 2 aromatic rings. The molecular weight excluding hydrogens is 343 g/mol. The number of aromatic nitrogens is 2. The summed E-state index contributed by atoms with van der Waals surface area (Å²) in [6.45, 7) is 6.34. The van der Waals surface area contributed by atoms with Gasteiger partial charge in [0.15, 0.2) is 0 Å². The number of carbonyl (C=O) groups is 1. The van der Waals surface area contributed by atoms with Gasteiger partial charge in [0.1, 0.15) is 5.82 Å². The smallest absolute Gasteiger partial charge is 0.227 e. The molecule has 0 N–H and O–H groups in total. The number of hydrogen-bond acceptors (Lipinski definition) is 3. The molecule has 1 amide bonds. The summed E-state index contributed by atoms with van der Waals surface area (Å²) in [5.74, 6) is -0.159. The molecule has 2 aliphatic heterocycles. The molecule has 0 aliphatic carbocycles. The Morgan fingerprint density at radius 1 is 1.22 bits per heavy atom. The van der Waals surface area contributed by atoms with E-state index in [4.69, 9.17) is 0 Å². The molecule has 0 spiro atoms. The van der Waals surface area contributed by atoms with Crippen LogP contribution < -0.4 is 0 Å². The van der Waals surface area contributed by atoms with Gasteiger partial charge in [-0.2, -0.15) is 5.10 Å². The summed E-state index contributed by atoms with van der Waals surface area (Å²) in [4.78, 5) is 17.4. The highest BCUT2D eigenvalue weighted by Gasteiger charge is 2.30. The summed E-state index contributed by atoms with van der Waals surface area (Å²) in [6, 6.07) is 6.85. The molecule has 1 aromatic heterocycles. The second-order valence-corrected chi connectivity index (χ2v) is 7.80. The van der Waals surface area contributed by atoms with Crippen molar-refractivity contribution in [2.75, 3.05) is 26.2 Å². The van der Waals surface area contributed by atoms with Crippen molar-refractivity contribution in [2.24, 2.45) is 0 Å². The monoisotopic (exact) mass is 370 g/mol. The van der Waals surface area contributed by atoms with Crippen LogP contribution in [0, 0.1) is 12.7 Å². The number of carbonyl (C=O) groups excluding carboxylic acids is 1. The lowest BCUT2D eigenvalue weighted by Crippen LogP contribution is -2.46. The van der Waals surface area contributed by atoms with E-state index < -0.39 is 0 Å². The van der Waals surface area contributed by atoms with Crippen LogP contribution in [0.3, 0.4) is 0 Å². The van der Waals surface area contributed by atoms with Gasteiger partial charge in [-0.25, -0.2) is 4.39 Å². The van der Waals surface area contributed by atoms with Crippen LogP contribution in [-0.2, 0) is 17.8 Å². The first-order valence-electron chi connectivity index (χ1n) is 9.88. The first-order valence-corrected chi connectivity index (χ1v) is 9.88. The lowest BCUT2D eigenvalue weighted by atomic mass is 10.0. The summed E-state index contributed by atoms with van der Waals surface area (Å²) in [6.07, 6.45) is 5.97. The number of halogens is 1. The van der Waals surface area contributed by atoms with Gasteiger partial charge in [0.05, 0.1) is 24.7 Å². The van der Waals surface area contributed by atoms with Crippen LogP contribution in [0.5, 0.6) is 0 Å². The van der Waals surface area contributed by atoms with Gasteiger partial charge in [0, 0.05) is 19.3 Å². The van der Waals surface area contributed by atoms with Gasteiger partial charge in [0.25, 0.3) is 0 Å². The lowest BCUT2D eigenvalue weighted by molar-refractivity contribution is -0.132. The van der Waals surface area contributed by atoms with Gasteiger partial charge in [-0.15, -0.1) is 0 Å². The highest BCUT2D eigenvalue weighted by Crippen LogP contribution is 2.24. The zero-order chi connectivity index (χ0) is 18.8. The van der Waals surface area contributed by atoms with Crippen LogP contribution >= 0.6 is 0 Å². The number of aryl methyl sites for hydroxylation is 1. The van der Waals surface area contributed by atoms with Gasteiger partial charge >= 0.3 is 0 Å². The number of likely N-dealkylation sites (tertiary alicyclic amines) is 1. The zero-order valence-corrected chi connectivity index (χ0v) is 15.9. The Labute approximate surface area is 159 Å². The van der Waals surface area contributed by atoms with E-state index in [-0.39, 0.29) is 17.8 Å². The number of rotatable bonds is 4. The van der Waals surface area contributed by atoms with Crippen molar-refractivity contribution < 1.29 is 9.18 Å². The summed E-state index contributed by atoms with van der Waals surface area (Å²) >= 11 is 0. The highest BCUT2D eigenvalue weighted by atomic mass is 19.1. The Morgan fingerprint density at radius 2 is 2.04 bits per heavy atom. The Hall–Kier alpha value is -2.21. The standard InChI is InChI=1S/C21H27FN4O/c1-16-11-18(22)6-5-17(16)12-21(27)25-14-19-7-8-23-26(19)20(15-25)13-24-9-3-2-4-10-24/h5-8,11,20H,2-4,9-10,12-15H2,1H3/t20-/m1/s1. The second-order valence-electron chi connectivity index (χ2n) is 7.80. The first kappa shape index (κ1) is 18.2. The topological polar surface area (TPSA) is 41.4 Å². The molecule has 6 heteroatoms. The van der Waals surface area contributed by atoms with Crippen LogP contribution in [-0.4, -0.2) is 51.7 Å². The molecular formula is C21H27FN4O. The second kappa shape index (κ2) is 7.80. The molecule has 4 rings (SSSR count). The van der Waals surface area contributed by atoms with Crippen molar-refractivity contribution in [3.8, 4) is 0 Å². The third-order valence-electron chi connectivity index (χ3n) is 5.80. The maximum atomic E-state index is 13.3. The fourth-order valence-corrected chi connectivity index (χ4v) is 4.28. The minimum absolute atomic E-state index is 0.0980. The summed E-state index contributed by atoms with van der Waals surface area (Å²) < 4.78 is 15.4. The van der Waals surface area contributed by atoms with Gasteiger partial charge in [-0.05, 0) is 62.2 Å². The summed E-state index contributed by atoms with van der Waals surface area (Å²) in [5, 5.41) is 4.52. The summed E-state index contributed by atoms with van der Waals surface area (Å²) in [7, 11) is 0. The van der Waals surface area contributed by atoms with Crippen molar-refractivity contribution >= 4 is 5.91 Å². The molecule has 5 nitrogen and oxygen atoms in total. The van der Waals surface area contributed by atoms with Crippen molar-refractivity contribution in [3.63, 3.8) is 0 Å². The van der Waals surface area contributed by atoms with Crippen molar-refractivity contribution in [1.29, 1.82) is 0 Å². The highest BCUT2D eigenvalue weighted by molar-refractivity contribution is 5.79. The fraction of sp³-hybridized carbons (Fsp3) is 0.524. The van der Waals surface area contributed by atoms with E-state index in [0.29, 0.717) is 19.5 Å². The number of fused-ring (bicyclic) bond motifs is 1. The molecule has 0 bridgehead atoms. The normalized spacial score (nSPS) is 20.5. The van der Waals surface area contributed by atoms with E-state index in [1.165, 1.54) is 31.4 Å². The predicted octanol–water partition coefficient (Wildman–Crippen LogP) is 2.94. The number of nitrogens with zero attached hydrogens (tertiary/aromatic N) is 4. The van der Waals surface area contributed by atoms with E-state index >= 15 is 0 Å². The minimum Gasteiger partial charge on any atom is -0.334 e. The largest absolute Gasteiger partial charge is 0.334 e. The zero-order valence-electron chi connectivity index (χ0n) is 15.9. The fourth-order valence-electron chi connectivity index (χ4n) is 4.28. The van der Waals surface area contributed by atoms with Crippen LogP contribution in [0.25, 0.3) is 0 Å². The van der Waals surface area contributed by atoms with E-state index in [1.54, 1.807) is 6.07 Å². The molecule has 0 saturated carbocycles. The van der Waals surface area contributed by atoms with E-state index in [9.17, 15) is 9.18 Å². The van der Waals surface area contributed by atoms with Crippen LogP contribution in [0.15, 0.2) is 30.5 Å². The Balaban J connectivity index is 1.47. The maximum absolute atomic E-state index is 13.3. The predicted molar refractivity (Wildman–Crippen MR) is 102 cm³/mol. The average Bonchev–Trinajstić information content (AvgIpc) is 3.14. The third-order valence-corrected chi connectivity index (χ3v) is 5.80. The molecule has 2 aliphatic rings. The molecule has 0 unspecified atom stereocenters. The Morgan fingerprint density at radius 3 is 2.81 bits per heavy atom. The molecule has 3 heterocycles. The number of piperidine rings is 1. The molecule has 1 fully saturated rings. The lowest BCUT2D eigenvalue weighted by Gasteiger charge is -2.37. The SMILES string of the molecule is Cc1cc(F)ccc1CC(=O)N1Cc2ccnn2[C@H](CN2CCCCC2)C1. The average molecular weight is 370 g/mol. The Kier molecular flexibility index (Phi) is 5.25. The molecule has 27 heavy (non-hydrogen) atoms. The minimum atomic E-state index is -0.257. The van der Waals surface area contributed by atoms with E-state index in [0.717, 1.165) is 36.5 Å². The molecule has 0 radical (unpaired) electrons. The Bertz CT molecular complexity index is 812. The first-order chi connectivity index (χ1) is 13.1. The van der Waals surface area contributed by atoms with E-state index in [2.05, 4.69) is 14.7 Å². The number of amides is 1. The molecule has 1 saturated heterocycles. The number of hydrogen-bond donors (Lipinski definition) is 0.